The number of carbonyl (C=O) groups is 2. The third-order valence-electron chi connectivity index (χ3n) is 4.56. The molecule has 1 aliphatic heterocycles. The molecule has 1 heterocycles. The van der Waals surface area contributed by atoms with Crippen molar-refractivity contribution in [3.05, 3.63) is 54.6 Å². The molecule has 1 fully saturated rings. The van der Waals surface area contributed by atoms with Gasteiger partial charge in [0.05, 0.1) is 13.1 Å². The van der Waals surface area contributed by atoms with Crippen molar-refractivity contribution in [2.75, 3.05) is 38.5 Å². The molecule has 2 amide bonds. The molecule has 0 bridgehead atoms. The number of likely N-dealkylation sites (N-methyl/N-ethyl adjacent to an activating group) is 1. The first-order chi connectivity index (χ1) is 12.6. The molecule has 0 radical (unpaired) electrons. The number of hydrogen-bond donors (Lipinski definition) is 1. The van der Waals surface area contributed by atoms with Crippen LogP contribution < -0.4 is 5.32 Å². The standard InChI is InChI=1S/C21H25N3O2/c1-23(16-21(26)24-13-7-8-14-24)15-20(25)22-19-12-6-5-11-18(19)17-9-3-2-4-10-17/h2-6,9-12H,7-8,13-16H2,1H3,(H,22,25). The molecule has 0 saturated carbocycles. The van der Waals surface area contributed by atoms with Gasteiger partial charge < -0.3 is 10.2 Å². The van der Waals surface area contributed by atoms with Crippen LogP contribution in [0.4, 0.5) is 5.69 Å². The summed E-state index contributed by atoms with van der Waals surface area (Å²) in [6, 6.07) is 17.7. The summed E-state index contributed by atoms with van der Waals surface area (Å²) in [4.78, 5) is 28.3. The maximum absolute atomic E-state index is 12.4. The van der Waals surface area contributed by atoms with Crippen molar-refractivity contribution < 1.29 is 9.59 Å². The Morgan fingerprint density at radius 1 is 0.962 bits per heavy atom. The minimum atomic E-state index is -0.120. The zero-order valence-electron chi connectivity index (χ0n) is 15.1. The molecule has 0 atom stereocenters. The van der Waals surface area contributed by atoms with Crippen LogP contribution in [0.25, 0.3) is 11.1 Å². The van der Waals surface area contributed by atoms with E-state index in [0.717, 1.165) is 42.7 Å². The Balaban J connectivity index is 1.59. The Bertz CT molecular complexity index is 755. The van der Waals surface area contributed by atoms with Gasteiger partial charge in [0.15, 0.2) is 0 Å². The first-order valence-electron chi connectivity index (χ1n) is 9.04. The maximum Gasteiger partial charge on any atom is 0.238 e. The number of anilines is 1. The third-order valence-corrected chi connectivity index (χ3v) is 4.56. The summed E-state index contributed by atoms with van der Waals surface area (Å²) in [7, 11) is 1.80. The molecule has 3 rings (SSSR count). The van der Waals surface area contributed by atoms with Gasteiger partial charge in [-0.05, 0) is 31.5 Å². The lowest BCUT2D eigenvalue weighted by molar-refractivity contribution is -0.131. The SMILES string of the molecule is CN(CC(=O)Nc1ccccc1-c1ccccc1)CC(=O)N1CCCC1. The number of rotatable bonds is 6. The normalized spacial score (nSPS) is 13.8. The Kier molecular flexibility index (Phi) is 6.02. The van der Waals surface area contributed by atoms with Gasteiger partial charge in [0, 0.05) is 24.3 Å². The highest BCUT2D eigenvalue weighted by Crippen LogP contribution is 2.27. The quantitative estimate of drug-likeness (QED) is 0.871. The zero-order valence-corrected chi connectivity index (χ0v) is 15.1. The van der Waals surface area contributed by atoms with Crippen LogP contribution in [-0.2, 0) is 9.59 Å². The van der Waals surface area contributed by atoms with Crippen LogP contribution in [0.1, 0.15) is 12.8 Å². The Labute approximate surface area is 154 Å². The molecule has 2 aromatic carbocycles. The zero-order chi connectivity index (χ0) is 18.4. The van der Waals surface area contributed by atoms with Gasteiger partial charge in [-0.25, -0.2) is 0 Å². The highest BCUT2D eigenvalue weighted by atomic mass is 16.2. The van der Waals surface area contributed by atoms with E-state index in [-0.39, 0.29) is 24.9 Å². The second kappa shape index (κ2) is 8.63. The summed E-state index contributed by atoms with van der Waals surface area (Å²) in [6.07, 6.45) is 2.15. The van der Waals surface area contributed by atoms with E-state index in [4.69, 9.17) is 0 Å². The van der Waals surface area contributed by atoms with Gasteiger partial charge in [-0.2, -0.15) is 0 Å². The van der Waals surface area contributed by atoms with E-state index < -0.39 is 0 Å². The molecule has 5 heteroatoms. The van der Waals surface area contributed by atoms with Gasteiger partial charge in [-0.15, -0.1) is 0 Å². The van der Waals surface area contributed by atoms with Gasteiger partial charge in [0.1, 0.15) is 0 Å². The van der Waals surface area contributed by atoms with E-state index in [1.807, 2.05) is 59.5 Å². The summed E-state index contributed by atoms with van der Waals surface area (Å²) in [6.45, 7) is 2.13. The van der Waals surface area contributed by atoms with Gasteiger partial charge in [-0.1, -0.05) is 48.5 Å². The number of para-hydroxylation sites is 1. The van der Waals surface area contributed by atoms with E-state index in [9.17, 15) is 9.59 Å². The predicted molar refractivity (Wildman–Crippen MR) is 104 cm³/mol. The number of nitrogens with zero attached hydrogens (tertiary/aromatic N) is 2. The molecular weight excluding hydrogens is 326 g/mol. The predicted octanol–water partition coefficient (Wildman–Crippen LogP) is 2.85. The van der Waals surface area contributed by atoms with Crippen molar-refractivity contribution in [1.82, 2.24) is 9.80 Å². The average molecular weight is 351 g/mol. The van der Waals surface area contributed by atoms with E-state index >= 15 is 0 Å². The smallest absolute Gasteiger partial charge is 0.238 e. The molecule has 1 N–H and O–H groups in total. The number of amides is 2. The number of hydrogen-bond acceptors (Lipinski definition) is 3. The Hall–Kier alpha value is -2.66. The van der Waals surface area contributed by atoms with Crippen molar-refractivity contribution in [3.63, 3.8) is 0 Å². The first kappa shape index (κ1) is 18.1. The van der Waals surface area contributed by atoms with Crippen molar-refractivity contribution in [2.24, 2.45) is 0 Å². The topological polar surface area (TPSA) is 52.7 Å². The summed E-state index contributed by atoms with van der Waals surface area (Å²) >= 11 is 0. The van der Waals surface area contributed by atoms with Gasteiger partial charge in [0.25, 0.3) is 0 Å². The lowest BCUT2D eigenvalue weighted by Crippen LogP contribution is -2.40. The average Bonchev–Trinajstić information content (AvgIpc) is 3.17. The molecule has 5 nitrogen and oxygen atoms in total. The van der Waals surface area contributed by atoms with Crippen LogP contribution in [0.5, 0.6) is 0 Å². The number of likely N-dealkylation sites (tertiary alicyclic amines) is 1. The first-order valence-corrected chi connectivity index (χ1v) is 9.04. The van der Waals surface area contributed by atoms with E-state index in [0.29, 0.717) is 0 Å². The second-order valence-electron chi connectivity index (χ2n) is 6.72. The van der Waals surface area contributed by atoms with Crippen LogP contribution in [0.15, 0.2) is 54.6 Å². The highest BCUT2D eigenvalue weighted by Gasteiger charge is 2.20. The van der Waals surface area contributed by atoms with Crippen LogP contribution in [-0.4, -0.2) is 54.8 Å². The minimum Gasteiger partial charge on any atom is -0.342 e. The molecule has 0 spiro atoms. The molecule has 136 valence electrons. The number of carbonyl (C=O) groups excluding carboxylic acids is 2. The van der Waals surface area contributed by atoms with Crippen LogP contribution >= 0.6 is 0 Å². The van der Waals surface area contributed by atoms with Gasteiger partial charge in [-0.3, -0.25) is 14.5 Å². The molecule has 2 aromatic rings. The fourth-order valence-corrected chi connectivity index (χ4v) is 3.25. The monoisotopic (exact) mass is 351 g/mol. The fourth-order valence-electron chi connectivity index (χ4n) is 3.25. The molecule has 0 aliphatic carbocycles. The summed E-state index contributed by atoms with van der Waals surface area (Å²) in [5, 5.41) is 2.98. The van der Waals surface area contributed by atoms with Crippen LogP contribution in [0.3, 0.4) is 0 Å². The molecular formula is C21H25N3O2. The highest BCUT2D eigenvalue weighted by molar-refractivity contribution is 5.96. The molecule has 0 aromatic heterocycles. The van der Waals surface area contributed by atoms with E-state index in [1.165, 1.54) is 0 Å². The largest absolute Gasteiger partial charge is 0.342 e. The Morgan fingerprint density at radius 2 is 1.62 bits per heavy atom. The van der Waals surface area contributed by atoms with Crippen molar-refractivity contribution >= 4 is 17.5 Å². The lowest BCUT2D eigenvalue weighted by atomic mass is 10.0. The molecule has 26 heavy (non-hydrogen) atoms. The van der Waals surface area contributed by atoms with Gasteiger partial charge >= 0.3 is 0 Å². The van der Waals surface area contributed by atoms with E-state index in [2.05, 4.69) is 5.32 Å². The lowest BCUT2D eigenvalue weighted by Gasteiger charge is -2.21. The van der Waals surface area contributed by atoms with Crippen molar-refractivity contribution in [1.29, 1.82) is 0 Å². The fraction of sp³-hybridized carbons (Fsp3) is 0.333. The van der Waals surface area contributed by atoms with Gasteiger partial charge in [0.2, 0.25) is 11.8 Å². The number of benzene rings is 2. The molecule has 0 unspecified atom stereocenters. The molecule has 1 aliphatic rings. The minimum absolute atomic E-state index is 0.0995. The third kappa shape index (κ3) is 4.70. The van der Waals surface area contributed by atoms with E-state index in [1.54, 1.807) is 11.9 Å². The van der Waals surface area contributed by atoms with Crippen molar-refractivity contribution in [3.8, 4) is 11.1 Å². The second-order valence-corrected chi connectivity index (χ2v) is 6.72. The molecule has 1 saturated heterocycles. The summed E-state index contributed by atoms with van der Waals surface area (Å²) < 4.78 is 0. The summed E-state index contributed by atoms with van der Waals surface area (Å²) in [5.74, 6) is -0.0208. The number of nitrogens with one attached hydrogen (secondary N) is 1. The summed E-state index contributed by atoms with van der Waals surface area (Å²) in [5.41, 5.74) is 2.82. The van der Waals surface area contributed by atoms with Crippen molar-refractivity contribution in [2.45, 2.75) is 12.8 Å². The maximum atomic E-state index is 12.4. The Morgan fingerprint density at radius 3 is 2.35 bits per heavy atom. The van der Waals surface area contributed by atoms with Crippen LogP contribution in [0, 0.1) is 0 Å². The van der Waals surface area contributed by atoms with Crippen LogP contribution in [0.2, 0.25) is 0 Å².